The number of hydrogen-bond donors (Lipinski definition) is 0. The molecule has 1 heterocycles. The summed E-state index contributed by atoms with van der Waals surface area (Å²) < 4.78 is 10.2. The van der Waals surface area contributed by atoms with Crippen molar-refractivity contribution in [3.05, 3.63) is 59.2 Å². The second-order valence-electron chi connectivity index (χ2n) is 4.29. The molecular formula is C15H16N2O3. The molecule has 0 aliphatic rings. The highest BCUT2D eigenvalue weighted by molar-refractivity contribution is 5.87. The minimum Gasteiger partial charge on any atom is -0.456 e. The summed E-state index contributed by atoms with van der Waals surface area (Å²) in [7, 11) is 1.57. The van der Waals surface area contributed by atoms with Crippen molar-refractivity contribution in [2.75, 3.05) is 7.11 Å². The maximum Gasteiger partial charge on any atom is 0.357 e. The smallest absolute Gasteiger partial charge is 0.357 e. The Morgan fingerprint density at radius 2 is 1.90 bits per heavy atom. The minimum absolute atomic E-state index is 0.225. The second-order valence-corrected chi connectivity index (χ2v) is 4.29. The summed E-state index contributed by atoms with van der Waals surface area (Å²) in [6, 6.07) is 11.1. The van der Waals surface area contributed by atoms with Crippen LogP contribution >= 0.6 is 0 Å². The highest BCUT2D eigenvalue weighted by Crippen LogP contribution is 2.07. The van der Waals surface area contributed by atoms with E-state index in [0.717, 1.165) is 5.56 Å². The molecule has 0 N–H and O–H groups in total. The Bertz CT molecular complexity index is 585. The first-order valence-corrected chi connectivity index (χ1v) is 6.23. The van der Waals surface area contributed by atoms with Crippen molar-refractivity contribution in [2.24, 2.45) is 0 Å². The van der Waals surface area contributed by atoms with Gasteiger partial charge in [-0.1, -0.05) is 30.3 Å². The van der Waals surface area contributed by atoms with Gasteiger partial charge >= 0.3 is 5.97 Å². The van der Waals surface area contributed by atoms with Crippen LogP contribution < -0.4 is 0 Å². The van der Waals surface area contributed by atoms with Gasteiger partial charge in [-0.3, -0.25) is 0 Å². The van der Waals surface area contributed by atoms with Crippen LogP contribution in [0.1, 0.15) is 27.6 Å². The van der Waals surface area contributed by atoms with Crippen molar-refractivity contribution in [2.45, 2.75) is 20.1 Å². The summed E-state index contributed by atoms with van der Waals surface area (Å²) in [5.41, 5.74) is 1.84. The van der Waals surface area contributed by atoms with Gasteiger partial charge in [0.15, 0.2) is 5.69 Å². The number of hydrogen-bond acceptors (Lipinski definition) is 5. The molecule has 0 radical (unpaired) electrons. The van der Waals surface area contributed by atoms with E-state index >= 15 is 0 Å². The monoisotopic (exact) mass is 272 g/mol. The van der Waals surface area contributed by atoms with Gasteiger partial charge in [0, 0.05) is 7.11 Å². The van der Waals surface area contributed by atoms with Crippen molar-refractivity contribution in [3.8, 4) is 0 Å². The summed E-state index contributed by atoms with van der Waals surface area (Å²) in [6.07, 6.45) is 0. The van der Waals surface area contributed by atoms with E-state index in [4.69, 9.17) is 9.47 Å². The van der Waals surface area contributed by atoms with E-state index in [1.54, 1.807) is 20.1 Å². The van der Waals surface area contributed by atoms with Crippen LogP contribution in [0, 0.1) is 6.92 Å². The molecule has 0 aliphatic heterocycles. The molecule has 1 aromatic carbocycles. The first-order chi connectivity index (χ1) is 9.69. The Hall–Kier alpha value is -2.27. The molecule has 0 amide bonds. The zero-order chi connectivity index (χ0) is 14.4. The molecule has 0 saturated carbocycles. The fourth-order valence-electron chi connectivity index (χ4n) is 1.75. The predicted molar refractivity (Wildman–Crippen MR) is 73.0 cm³/mol. The third kappa shape index (κ3) is 3.86. The van der Waals surface area contributed by atoms with Crippen LogP contribution in [-0.2, 0) is 22.7 Å². The van der Waals surface area contributed by atoms with Crippen LogP contribution in [0.4, 0.5) is 0 Å². The number of ether oxygens (including phenoxy) is 2. The fourth-order valence-corrected chi connectivity index (χ4v) is 1.75. The molecule has 2 aromatic rings. The van der Waals surface area contributed by atoms with Crippen LogP contribution in [-0.4, -0.2) is 23.0 Å². The first kappa shape index (κ1) is 14.1. The number of aromatic nitrogens is 2. The number of esters is 1. The van der Waals surface area contributed by atoms with Gasteiger partial charge in [-0.05, 0) is 18.6 Å². The van der Waals surface area contributed by atoms with Crippen molar-refractivity contribution < 1.29 is 14.3 Å². The fraction of sp³-hybridized carbons (Fsp3) is 0.267. The quantitative estimate of drug-likeness (QED) is 0.781. The lowest BCUT2D eigenvalue weighted by molar-refractivity contribution is 0.0464. The summed E-state index contributed by atoms with van der Waals surface area (Å²) in [5, 5.41) is 0. The molecule has 2 rings (SSSR count). The largest absolute Gasteiger partial charge is 0.456 e. The number of methoxy groups -OCH3 is 1. The standard InChI is InChI=1S/C15H16N2O3/c1-11-16-13(10-19-2)8-14(17-11)15(18)20-9-12-6-4-3-5-7-12/h3-8H,9-10H2,1-2H3. The molecule has 1 aromatic heterocycles. The third-order valence-electron chi connectivity index (χ3n) is 2.61. The first-order valence-electron chi connectivity index (χ1n) is 6.23. The maximum absolute atomic E-state index is 12.0. The molecule has 20 heavy (non-hydrogen) atoms. The van der Waals surface area contributed by atoms with E-state index < -0.39 is 5.97 Å². The van der Waals surface area contributed by atoms with Gasteiger partial charge in [-0.2, -0.15) is 0 Å². The van der Waals surface area contributed by atoms with Gasteiger partial charge in [0.1, 0.15) is 12.4 Å². The number of carbonyl (C=O) groups excluding carboxylic acids is 1. The zero-order valence-corrected chi connectivity index (χ0v) is 11.5. The summed E-state index contributed by atoms with van der Waals surface area (Å²) in [6.45, 7) is 2.29. The Balaban J connectivity index is 2.05. The minimum atomic E-state index is -0.461. The predicted octanol–water partition coefficient (Wildman–Crippen LogP) is 2.29. The molecule has 0 atom stereocenters. The van der Waals surface area contributed by atoms with Crippen molar-refractivity contribution in [1.82, 2.24) is 9.97 Å². The maximum atomic E-state index is 12.0. The van der Waals surface area contributed by atoms with E-state index in [1.807, 2.05) is 30.3 Å². The van der Waals surface area contributed by atoms with Crippen LogP contribution in [0.2, 0.25) is 0 Å². The third-order valence-corrected chi connectivity index (χ3v) is 2.61. The topological polar surface area (TPSA) is 61.3 Å². The Labute approximate surface area is 117 Å². The molecule has 104 valence electrons. The average molecular weight is 272 g/mol. The molecule has 0 unspecified atom stereocenters. The van der Waals surface area contributed by atoms with Gasteiger partial charge in [0.05, 0.1) is 12.3 Å². The molecule has 0 spiro atoms. The van der Waals surface area contributed by atoms with Gasteiger partial charge in [0.2, 0.25) is 0 Å². The Morgan fingerprint density at radius 1 is 1.15 bits per heavy atom. The number of carbonyl (C=O) groups is 1. The van der Waals surface area contributed by atoms with Gasteiger partial charge < -0.3 is 9.47 Å². The van der Waals surface area contributed by atoms with Crippen molar-refractivity contribution >= 4 is 5.97 Å². The average Bonchev–Trinajstić information content (AvgIpc) is 2.45. The molecule has 0 fully saturated rings. The van der Waals surface area contributed by atoms with Crippen LogP contribution in [0.5, 0.6) is 0 Å². The van der Waals surface area contributed by atoms with Crippen LogP contribution in [0.15, 0.2) is 36.4 Å². The molecule has 0 saturated heterocycles. The highest BCUT2D eigenvalue weighted by atomic mass is 16.5. The SMILES string of the molecule is COCc1cc(C(=O)OCc2ccccc2)nc(C)n1. The van der Waals surface area contributed by atoms with Crippen LogP contribution in [0.25, 0.3) is 0 Å². The number of aryl methyl sites for hydroxylation is 1. The number of benzene rings is 1. The van der Waals surface area contributed by atoms with Gasteiger partial charge in [-0.15, -0.1) is 0 Å². The molecule has 0 bridgehead atoms. The normalized spacial score (nSPS) is 10.3. The molecule has 5 heteroatoms. The van der Waals surface area contributed by atoms with Crippen molar-refractivity contribution in [1.29, 1.82) is 0 Å². The lowest BCUT2D eigenvalue weighted by Crippen LogP contribution is -2.10. The summed E-state index contributed by atoms with van der Waals surface area (Å²) >= 11 is 0. The molecule has 0 aliphatic carbocycles. The van der Waals surface area contributed by atoms with E-state index in [1.165, 1.54) is 0 Å². The van der Waals surface area contributed by atoms with E-state index in [0.29, 0.717) is 18.1 Å². The van der Waals surface area contributed by atoms with Gasteiger partial charge in [-0.25, -0.2) is 14.8 Å². The molecular weight excluding hydrogens is 256 g/mol. The summed E-state index contributed by atoms with van der Waals surface area (Å²) in [4.78, 5) is 20.2. The van der Waals surface area contributed by atoms with E-state index in [2.05, 4.69) is 9.97 Å². The molecule has 5 nitrogen and oxygen atoms in total. The van der Waals surface area contributed by atoms with Crippen molar-refractivity contribution in [3.63, 3.8) is 0 Å². The van der Waals surface area contributed by atoms with E-state index in [-0.39, 0.29) is 12.3 Å². The summed E-state index contributed by atoms with van der Waals surface area (Å²) in [5.74, 6) is 0.0583. The lowest BCUT2D eigenvalue weighted by Gasteiger charge is -2.06. The highest BCUT2D eigenvalue weighted by Gasteiger charge is 2.12. The van der Waals surface area contributed by atoms with E-state index in [9.17, 15) is 4.79 Å². The second kappa shape index (κ2) is 6.77. The zero-order valence-electron chi connectivity index (χ0n) is 11.5. The number of rotatable bonds is 5. The Morgan fingerprint density at radius 3 is 2.60 bits per heavy atom. The van der Waals surface area contributed by atoms with Crippen LogP contribution in [0.3, 0.4) is 0 Å². The van der Waals surface area contributed by atoms with Gasteiger partial charge in [0.25, 0.3) is 0 Å². The number of nitrogens with zero attached hydrogens (tertiary/aromatic N) is 2. The lowest BCUT2D eigenvalue weighted by atomic mass is 10.2. The Kier molecular flexibility index (Phi) is 4.79.